The summed E-state index contributed by atoms with van der Waals surface area (Å²) in [6.45, 7) is 6.01. The molecule has 0 bridgehead atoms. The van der Waals surface area contributed by atoms with Gasteiger partial charge in [-0.25, -0.2) is 0 Å². The van der Waals surface area contributed by atoms with Crippen molar-refractivity contribution in [2.24, 2.45) is 5.92 Å². The molecule has 1 amide bonds. The van der Waals surface area contributed by atoms with Gasteiger partial charge in [-0.2, -0.15) is 0 Å². The lowest BCUT2D eigenvalue weighted by Crippen LogP contribution is -2.38. The van der Waals surface area contributed by atoms with Crippen LogP contribution in [0.15, 0.2) is 18.2 Å². The van der Waals surface area contributed by atoms with E-state index in [1.807, 2.05) is 32.9 Å². The van der Waals surface area contributed by atoms with Gasteiger partial charge in [-0.15, -0.1) is 0 Å². The first kappa shape index (κ1) is 15.9. The second-order valence-corrected chi connectivity index (χ2v) is 6.12. The van der Waals surface area contributed by atoms with Crippen molar-refractivity contribution in [3.05, 3.63) is 32.9 Å². The van der Waals surface area contributed by atoms with E-state index in [1.165, 1.54) is 4.90 Å². The van der Waals surface area contributed by atoms with Crippen molar-refractivity contribution in [1.82, 2.24) is 4.90 Å². The van der Waals surface area contributed by atoms with Gasteiger partial charge < -0.3 is 10.0 Å². The summed E-state index contributed by atoms with van der Waals surface area (Å²) in [5.41, 5.74) is 1.56. The summed E-state index contributed by atoms with van der Waals surface area (Å²) in [4.78, 5) is 24.7. The van der Waals surface area contributed by atoms with E-state index in [0.29, 0.717) is 12.1 Å². The maximum Gasteiger partial charge on any atom is 0.323 e. The number of carboxylic acids is 1. The molecule has 0 aliphatic heterocycles. The Labute approximate surface area is 126 Å². The van der Waals surface area contributed by atoms with Crippen molar-refractivity contribution in [2.75, 3.05) is 13.1 Å². The van der Waals surface area contributed by atoms with Gasteiger partial charge in [0.25, 0.3) is 5.91 Å². The van der Waals surface area contributed by atoms with Crippen LogP contribution in [-0.2, 0) is 4.79 Å². The second-order valence-electron chi connectivity index (χ2n) is 4.96. The SMILES string of the molecule is Cc1ccc(I)c(C(=O)N(CC(=O)O)CC(C)C)c1. The quantitative estimate of drug-likeness (QED) is 0.806. The molecule has 4 nitrogen and oxygen atoms in total. The van der Waals surface area contributed by atoms with Gasteiger partial charge in [0, 0.05) is 10.1 Å². The fourth-order valence-corrected chi connectivity index (χ4v) is 2.36. The summed E-state index contributed by atoms with van der Waals surface area (Å²) in [5.74, 6) is -0.980. The first-order valence-electron chi connectivity index (χ1n) is 6.08. The van der Waals surface area contributed by atoms with Gasteiger partial charge in [-0.05, 0) is 47.6 Å². The van der Waals surface area contributed by atoms with E-state index in [-0.39, 0.29) is 18.4 Å². The highest BCUT2D eigenvalue weighted by atomic mass is 127. The highest BCUT2D eigenvalue weighted by Crippen LogP contribution is 2.17. The summed E-state index contributed by atoms with van der Waals surface area (Å²) < 4.78 is 0.840. The smallest absolute Gasteiger partial charge is 0.323 e. The van der Waals surface area contributed by atoms with Gasteiger partial charge in [0.05, 0.1) is 5.56 Å². The zero-order valence-electron chi connectivity index (χ0n) is 11.3. The first-order chi connectivity index (χ1) is 8.81. The molecule has 1 N–H and O–H groups in total. The predicted octanol–water partition coefficient (Wildman–Crippen LogP) is 2.78. The second kappa shape index (κ2) is 6.88. The molecule has 0 saturated heterocycles. The number of benzene rings is 1. The third-order valence-electron chi connectivity index (χ3n) is 2.55. The molecule has 0 fully saturated rings. The molecule has 0 saturated carbocycles. The van der Waals surface area contributed by atoms with Crippen LogP contribution in [0.25, 0.3) is 0 Å². The van der Waals surface area contributed by atoms with E-state index >= 15 is 0 Å². The molecule has 0 aliphatic rings. The van der Waals surface area contributed by atoms with Crippen molar-refractivity contribution >= 4 is 34.5 Å². The minimum atomic E-state index is -0.989. The van der Waals surface area contributed by atoms with Crippen molar-refractivity contribution in [2.45, 2.75) is 20.8 Å². The maximum absolute atomic E-state index is 12.4. The number of aryl methyl sites for hydroxylation is 1. The number of rotatable bonds is 5. The zero-order valence-corrected chi connectivity index (χ0v) is 13.5. The fourth-order valence-electron chi connectivity index (χ4n) is 1.80. The van der Waals surface area contributed by atoms with Crippen LogP contribution in [0.2, 0.25) is 0 Å². The minimum absolute atomic E-state index is 0.218. The zero-order chi connectivity index (χ0) is 14.6. The summed E-state index contributed by atoms with van der Waals surface area (Å²) >= 11 is 2.10. The normalized spacial score (nSPS) is 10.6. The van der Waals surface area contributed by atoms with E-state index in [0.717, 1.165) is 9.13 Å². The number of amides is 1. The van der Waals surface area contributed by atoms with Crippen molar-refractivity contribution in [3.8, 4) is 0 Å². The molecule has 0 aliphatic carbocycles. The van der Waals surface area contributed by atoms with Crippen molar-refractivity contribution in [3.63, 3.8) is 0 Å². The van der Waals surface area contributed by atoms with E-state index in [1.54, 1.807) is 6.07 Å². The van der Waals surface area contributed by atoms with E-state index in [9.17, 15) is 9.59 Å². The number of aliphatic carboxylic acids is 1. The van der Waals surface area contributed by atoms with Crippen LogP contribution < -0.4 is 0 Å². The van der Waals surface area contributed by atoms with E-state index < -0.39 is 5.97 Å². The lowest BCUT2D eigenvalue weighted by atomic mass is 10.1. The van der Waals surface area contributed by atoms with Gasteiger partial charge in [0.2, 0.25) is 0 Å². The van der Waals surface area contributed by atoms with Crippen LogP contribution in [0.4, 0.5) is 0 Å². The lowest BCUT2D eigenvalue weighted by molar-refractivity contribution is -0.137. The number of hydrogen-bond donors (Lipinski definition) is 1. The third-order valence-corrected chi connectivity index (χ3v) is 3.49. The van der Waals surface area contributed by atoms with Crippen LogP contribution in [-0.4, -0.2) is 35.0 Å². The van der Waals surface area contributed by atoms with Gasteiger partial charge in [0.1, 0.15) is 6.54 Å². The number of hydrogen-bond acceptors (Lipinski definition) is 2. The third kappa shape index (κ3) is 4.81. The molecule has 0 aromatic heterocycles. The molecule has 0 heterocycles. The van der Waals surface area contributed by atoms with Crippen molar-refractivity contribution in [1.29, 1.82) is 0 Å². The van der Waals surface area contributed by atoms with E-state index in [2.05, 4.69) is 22.6 Å². The van der Waals surface area contributed by atoms with Gasteiger partial charge in [-0.3, -0.25) is 9.59 Å². The molecule has 5 heteroatoms. The molecular formula is C14H18INO3. The Kier molecular flexibility index (Phi) is 5.78. The predicted molar refractivity (Wildman–Crippen MR) is 82.3 cm³/mol. The number of halogens is 1. The molecule has 0 atom stereocenters. The Hall–Kier alpha value is -1.11. The highest BCUT2D eigenvalue weighted by molar-refractivity contribution is 14.1. The molecule has 1 aromatic carbocycles. The molecule has 104 valence electrons. The summed E-state index contributed by atoms with van der Waals surface area (Å²) in [6.07, 6.45) is 0. The monoisotopic (exact) mass is 375 g/mol. The maximum atomic E-state index is 12.4. The average Bonchev–Trinajstić information content (AvgIpc) is 2.29. The molecule has 19 heavy (non-hydrogen) atoms. The van der Waals surface area contributed by atoms with Gasteiger partial charge in [-0.1, -0.05) is 25.5 Å². The number of carbonyl (C=O) groups is 2. The summed E-state index contributed by atoms with van der Waals surface area (Å²) in [7, 11) is 0. The van der Waals surface area contributed by atoms with Crippen LogP contribution in [0.5, 0.6) is 0 Å². The molecule has 0 unspecified atom stereocenters. The Bertz CT molecular complexity index is 486. The minimum Gasteiger partial charge on any atom is -0.480 e. The van der Waals surface area contributed by atoms with Gasteiger partial charge >= 0.3 is 5.97 Å². The summed E-state index contributed by atoms with van der Waals surface area (Å²) in [5, 5.41) is 8.92. The van der Waals surface area contributed by atoms with E-state index in [4.69, 9.17) is 5.11 Å². The van der Waals surface area contributed by atoms with Gasteiger partial charge in [0.15, 0.2) is 0 Å². The van der Waals surface area contributed by atoms with Crippen LogP contribution in [0.3, 0.4) is 0 Å². The Morgan fingerprint density at radius 1 is 1.37 bits per heavy atom. The standard InChI is InChI=1S/C14H18INO3/c1-9(2)7-16(8-13(17)18)14(19)11-6-10(3)4-5-12(11)15/h4-6,9H,7-8H2,1-3H3,(H,17,18). The molecular weight excluding hydrogens is 357 g/mol. The number of carbonyl (C=O) groups excluding carboxylic acids is 1. The Morgan fingerprint density at radius 2 is 2.00 bits per heavy atom. The van der Waals surface area contributed by atoms with Crippen molar-refractivity contribution < 1.29 is 14.7 Å². The Morgan fingerprint density at radius 3 is 2.53 bits per heavy atom. The largest absolute Gasteiger partial charge is 0.480 e. The van der Waals surface area contributed by atoms with Crippen LogP contribution >= 0.6 is 22.6 Å². The Balaban J connectivity index is 3.03. The molecule has 0 radical (unpaired) electrons. The first-order valence-corrected chi connectivity index (χ1v) is 7.16. The number of nitrogens with zero attached hydrogens (tertiary/aromatic N) is 1. The molecule has 0 spiro atoms. The topological polar surface area (TPSA) is 57.6 Å². The van der Waals surface area contributed by atoms with Crippen LogP contribution in [0.1, 0.15) is 29.8 Å². The average molecular weight is 375 g/mol. The molecule has 1 rings (SSSR count). The molecule has 1 aromatic rings. The fraction of sp³-hybridized carbons (Fsp3) is 0.429. The lowest BCUT2D eigenvalue weighted by Gasteiger charge is -2.23. The summed E-state index contributed by atoms with van der Waals surface area (Å²) in [6, 6.07) is 5.61. The number of carboxylic acid groups (broad SMARTS) is 1. The highest BCUT2D eigenvalue weighted by Gasteiger charge is 2.21. The van der Waals surface area contributed by atoms with Crippen LogP contribution in [0, 0.1) is 16.4 Å².